The molecule has 0 spiro atoms. The largest absolute Gasteiger partial charge is 0.302 e. The van der Waals surface area contributed by atoms with Crippen LogP contribution in [0.25, 0.3) is 11.3 Å². The van der Waals surface area contributed by atoms with Crippen LogP contribution in [-0.4, -0.2) is 10.9 Å². The molecule has 0 radical (unpaired) electrons. The standard InChI is InChI=1S/C15H17BrN2OS/c1-4-12-13(10-5-7-11(16)8-6-10)17-15(20-12)18-14(19)9(2)3/h5-9H,4H2,1-3H3,(H,17,18,19). The predicted molar refractivity (Wildman–Crippen MR) is 88.1 cm³/mol. The molecule has 3 nitrogen and oxygen atoms in total. The molecule has 106 valence electrons. The number of benzene rings is 1. The smallest absolute Gasteiger partial charge is 0.228 e. The van der Waals surface area contributed by atoms with Gasteiger partial charge in [0.2, 0.25) is 5.91 Å². The zero-order valence-corrected chi connectivity index (χ0v) is 14.1. The Labute approximate surface area is 131 Å². The number of thiazole rings is 1. The van der Waals surface area contributed by atoms with Gasteiger partial charge in [-0.25, -0.2) is 4.98 Å². The molecule has 1 aromatic heterocycles. The molecule has 0 aliphatic rings. The molecule has 0 bridgehead atoms. The first-order valence-electron chi connectivity index (χ1n) is 6.57. The average Bonchev–Trinajstić information content (AvgIpc) is 2.82. The first-order chi connectivity index (χ1) is 9.51. The van der Waals surface area contributed by atoms with Gasteiger partial charge in [-0.15, -0.1) is 11.3 Å². The second-order valence-electron chi connectivity index (χ2n) is 4.80. The number of hydrogen-bond acceptors (Lipinski definition) is 3. The maximum atomic E-state index is 11.8. The van der Waals surface area contributed by atoms with Crippen LogP contribution in [0.5, 0.6) is 0 Å². The first kappa shape index (κ1) is 15.2. The Morgan fingerprint density at radius 2 is 2.00 bits per heavy atom. The van der Waals surface area contributed by atoms with Crippen molar-refractivity contribution in [3.05, 3.63) is 33.6 Å². The van der Waals surface area contributed by atoms with Crippen LogP contribution in [-0.2, 0) is 11.2 Å². The number of halogens is 1. The number of rotatable bonds is 4. The average molecular weight is 353 g/mol. The highest BCUT2D eigenvalue weighted by atomic mass is 79.9. The van der Waals surface area contributed by atoms with E-state index >= 15 is 0 Å². The van der Waals surface area contributed by atoms with Gasteiger partial charge in [-0.1, -0.05) is 48.8 Å². The lowest BCUT2D eigenvalue weighted by molar-refractivity contribution is -0.118. The minimum atomic E-state index is -0.0416. The Morgan fingerprint density at radius 1 is 1.35 bits per heavy atom. The van der Waals surface area contributed by atoms with Crippen LogP contribution in [0, 0.1) is 5.92 Å². The summed E-state index contributed by atoms with van der Waals surface area (Å²) in [6, 6.07) is 8.07. The van der Waals surface area contributed by atoms with Crippen molar-refractivity contribution in [1.82, 2.24) is 4.98 Å². The summed E-state index contributed by atoms with van der Waals surface area (Å²) in [5.74, 6) is -0.0381. The third-order valence-corrected chi connectivity index (χ3v) is 4.53. The number of amides is 1. The molecule has 0 aliphatic carbocycles. The van der Waals surface area contributed by atoms with Gasteiger partial charge in [-0.3, -0.25) is 4.79 Å². The fourth-order valence-corrected chi connectivity index (χ4v) is 2.92. The summed E-state index contributed by atoms with van der Waals surface area (Å²) in [7, 11) is 0. The van der Waals surface area contributed by atoms with Crippen molar-refractivity contribution in [2.45, 2.75) is 27.2 Å². The monoisotopic (exact) mass is 352 g/mol. The number of aryl methyl sites for hydroxylation is 1. The predicted octanol–water partition coefficient (Wildman–Crippen LogP) is 4.73. The molecule has 0 fully saturated rings. The summed E-state index contributed by atoms with van der Waals surface area (Å²) in [5, 5.41) is 3.56. The number of hydrogen-bond donors (Lipinski definition) is 1. The fraction of sp³-hybridized carbons (Fsp3) is 0.333. The summed E-state index contributed by atoms with van der Waals surface area (Å²) in [6.45, 7) is 5.85. The van der Waals surface area contributed by atoms with E-state index in [9.17, 15) is 4.79 Å². The zero-order chi connectivity index (χ0) is 14.7. The quantitative estimate of drug-likeness (QED) is 0.863. The maximum Gasteiger partial charge on any atom is 0.228 e. The molecular weight excluding hydrogens is 336 g/mol. The van der Waals surface area contributed by atoms with Crippen molar-refractivity contribution in [3.8, 4) is 11.3 Å². The Hall–Kier alpha value is -1.20. The topological polar surface area (TPSA) is 42.0 Å². The SMILES string of the molecule is CCc1sc(NC(=O)C(C)C)nc1-c1ccc(Br)cc1. The summed E-state index contributed by atoms with van der Waals surface area (Å²) < 4.78 is 1.04. The van der Waals surface area contributed by atoms with Crippen LogP contribution in [0.15, 0.2) is 28.7 Å². The summed E-state index contributed by atoms with van der Waals surface area (Å²) in [4.78, 5) is 17.5. The molecule has 0 saturated carbocycles. The minimum absolute atomic E-state index is 0.00348. The lowest BCUT2D eigenvalue weighted by Gasteiger charge is -2.03. The van der Waals surface area contributed by atoms with Gasteiger partial charge in [0.05, 0.1) is 5.69 Å². The van der Waals surface area contributed by atoms with Crippen LogP contribution in [0.2, 0.25) is 0 Å². The molecule has 5 heteroatoms. The highest BCUT2D eigenvalue weighted by Gasteiger charge is 2.15. The molecule has 1 aromatic carbocycles. The van der Waals surface area contributed by atoms with E-state index < -0.39 is 0 Å². The Morgan fingerprint density at radius 3 is 2.55 bits per heavy atom. The van der Waals surface area contributed by atoms with E-state index in [1.165, 1.54) is 4.88 Å². The summed E-state index contributed by atoms with van der Waals surface area (Å²) >= 11 is 4.98. The van der Waals surface area contributed by atoms with E-state index in [1.54, 1.807) is 11.3 Å². The Bertz CT molecular complexity index is 605. The Balaban J connectivity index is 2.31. The normalized spacial score (nSPS) is 10.8. The van der Waals surface area contributed by atoms with Crippen molar-refractivity contribution in [2.24, 2.45) is 5.92 Å². The van der Waals surface area contributed by atoms with Gasteiger partial charge >= 0.3 is 0 Å². The molecule has 0 saturated heterocycles. The zero-order valence-electron chi connectivity index (χ0n) is 11.7. The third-order valence-electron chi connectivity index (χ3n) is 2.89. The number of nitrogens with one attached hydrogen (secondary N) is 1. The molecule has 0 unspecified atom stereocenters. The molecule has 1 amide bonds. The molecule has 2 rings (SSSR count). The number of aromatic nitrogens is 1. The van der Waals surface area contributed by atoms with E-state index in [1.807, 2.05) is 38.1 Å². The van der Waals surface area contributed by atoms with E-state index in [-0.39, 0.29) is 11.8 Å². The van der Waals surface area contributed by atoms with E-state index in [0.29, 0.717) is 5.13 Å². The van der Waals surface area contributed by atoms with Crippen LogP contribution in [0.1, 0.15) is 25.6 Å². The first-order valence-corrected chi connectivity index (χ1v) is 8.18. The van der Waals surface area contributed by atoms with Gasteiger partial charge in [0.15, 0.2) is 5.13 Å². The van der Waals surface area contributed by atoms with Crippen molar-refractivity contribution >= 4 is 38.3 Å². The van der Waals surface area contributed by atoms with Gasteiger partial charge in [0.25, 0.3) is 0 Å². The second-order valence-corrected chi connectivity index (χ2v) is 6.79. The Kier molecular flexibility index (Phi) is 4.94. The number of anilines is 1. The number of carbonyl (C=O) groups is 1. The minimum Gasteiger partial charge on any atom is -0.302 e. The molecule has 20 heavy (non-hydrogen) atoms. The van der Waals surface area contributed by atoms with Crippen molar-refractivity contribution < 1.29 is 4.79 Å². The second kappa shape index (κ2) is 6.50. The van der Waals surface area contributed by atoms with Crippen LogP contribution in [0.3, 0.4) is 0 Å². The molecule has 0 aliphatic heterocycles. The highest BCUT2D eigenvalue weighted by molar-refractivity contribution is 9.10. The van der Waals surface area contributed by atoms with E-state index in [0.717, 1.165) is 22.2 Å². The summed E-state index contributed by atoms with van der Waals surface area (Å²) in [6.07, 6.45) is 0.903. The van der Waals surface area contributed by atoms with Gasteiger partial charge in [-0.2, -0.15) is 0 Å². The van der Waals surface area contributed by atoms with Crippen LogP contribution >= 0.6 is 27.3 Å². The van der Waals surface area contributed by atoms with Crippen molar-refractivity contribution in [2.75, 3.05) is 5.32 Å². The maximum absolute atomic E-state index is 11.8. The number of carbonyl (C=O) groups excluding carboxylic acids is 1. The van der Waals surface area contributed by atoms with Gasteiger partial charge in [-0.05, 0) is 18.6 Å². The van der Waals surface area contributed by atoms with E-state index in [2.05, 4.69) is 33.2 Å². The van der Waals surface area contributed by atoms with Gasteiger partial charge in [0.1, 0.15) is 0 Å². The highest BCUT2D eigenvalue weighted by Crippen LogP contribution is 2.32. The van der Waals surface area contributed by atoms with E-state index in [4.69, 9.17) is 0 Å². The molecule has 0 atom stereocenters. The van der Waals surface area contributed by atoms with Crippen LogP contribution in [0.4, 0.5) is 5.13 Å². The lowest BCUT2D eigenvalue weighted by Crippen LogP contribution is -2.17. The van der Waals surface area contributed by atoms with Crippen molar-refractivity contribution in [1.29, 1.82) is 0 Å². The molecular formula is C15H17BrN2OS. The van der Waals surface area contributed by atoms with Crippen molar-refractivity contribution in [3.63, 3.8) is 0 Å². The fourth-order valence-electron chi connectivity index (χ4n) is 1.73. The molecule has 1 heterocycles. The van der Waals surface area contributed by atoms with Crippen LogP contribution < -0.4 is 5.32 Å². The number of nitrogens with zero attached hydrogens (tertiary/aromatic N) is 1. The molecule has 2 aromatic rings. The summed E-state index contributed by atoms with van der Waals surface area (Å²) in [5.41, 5.74) is 2.04. The lowest BCUT2D eigenvalue weighted by atomic mass is 10.1. The molecule has 1 N–H and O–H groups in total. The van der Waals surface area contributed by atoms with Gasteiger partial charge in [0, 0.05) is 20.8 Å². The van der Waals surface area contributed by atoms with Gasteiger partial charge < -0.3 is 5.32 Å². The third kappa shape index (κ3) is 3.46.